The van der Waals surface area contributed by atoms with Gasteiger partial charge in [0, 0.05) is 11.3 Å². The number of hydrogen-bond donors (Lipinski definition) is 1. The SMILES string of the molecule is COc1ccc(N2C(=O)C(O)=C(c3ccccc3)C2c2ccc(C(C)C)cc2)cc1. The Kier molecular flexibility index (Phi) is 5.32. The van der Waals surface area contributed by atoms with Crippen molar-refractivity contribution in [2.24, 2.45) is 0 Å². The number of amides is 1. The molecule has 1 N–H and O–H groups in total. The zero-order chi connectivity index (χ0) is 21.3. The van der Waals surface area contributed by atoms with E-state index >= 15 is 0 Å². The third-order valence-electron chi connectivity index (χ3n) is 5.56. The number of aliphatic hydroxyl groups excluding tert-OH is 1. The van der Waals surface area contributed by atoms with E-state index in [9.17, 15) is 9.90 Å². The second-order valence-electron chi connectivity index (χ2n) is 7.73. The molecule has 1 heterocycles. The van der Waals surface area contributed by atoms with Crippen molar-refractivity contribution in [2.45, 2.75) is 25.8 Å². The maximum absolute atomic E-state index is 13.2. The monoisotopic (exact) mass is 399 g/mol. The lowest BCUT2D eigenvalue weighted by Gasteiger charge is -2.28. The van der Waals surface area contributed by atoms with Gasteiger partial charge in [-0.05, 0) is 46.9 Å². The van der Waals surface area contributed by atoms with Crippen LogP contribution in [0.15, 0.2) is 84.6 Å². The third-order valence-corrected chi connectivity index (χ3v) is 5.56. The van der Waals surface area contributed by atoms with Gasteiger partial charge in [0.2, 0.25) is 0 Å². The molecule has 0 radical (unpaired) electrons. The van der Waals surface area contributed by atoms with Gasteiger partial charge in [0.25, 0.3) is 5.91 Å². The standard InChI is InChI=1S/C26H25NO3/c1-17(2)18-9-11-20(12-10-18)24-23(19-7-5-4-6-8-19)25(28)26(29)27(24)21-13-15-22(30-3)16-14-21/h4-17,24,28H,1-3H3. The van der Waals surface area contributed by atoms with Crippen LogP contribution in [0.2, 0.25) is 0 Å². The normalized spacial score (nSPS) is 16.5. The van der Waals surface area contributed by atoms with Crippen LogP contribution < -0.4 is 9.64 Å². The zero-order valence-electron chi connectivity index (χ0n) is 17.4. The molecular weight excluding hydrogens is 374 g/mol. The first-order valence-corrected chi connectivity index (χ1v) is 10.1. The molecule has 1 aliphatic heterocycles. The largest absolute Gasteiger partial charge is 0.503 e. The number of ether oxygens (including phenoxy) is 1. The first-order chi connectivity index (χ1) is 14.5. The van der Waals surface area contributed by atoms with E-state index in [0.717, 1.165) is 11.1 Å². The van der Waals surface area contributed by atoms with E-state index < -0.39 is 11.9 Å². The summed E-state index contributed by atoms with van der Waals surface area (Å²) in [6, 6.07) is 24.8. The molecule has 1 atom stereocenters. The van der Waals surface area contributed by atoms with E-state index in [1.54, 1.807) is 12.0 Å². The molecule has 4 rings (SSSR count). The minimum absolute atomic E-state index is 0.213. The molecule has 0 fully saturated rings. The lowest BCUT2D eigenvalue weighted by Crippen LogP contribution is -2.30. The number of benzene rings is 3. The number of nitrogens with zero attached hydrogens (tertiary/aromatic N) is 1. The topological polar surface area (TPSA) is 49.8 Å². The van der Waals surface area contributed by atoms with Crippen molar-refractivity contribution in [1.82, 2.24) is 0 Å². The summed E-state index contributed by atoms with van der Waals surface area (Å²) in [5.41, 5.74) is 4.34. The fourth-order valence-electron chi connectivity index (χ4n) is 3.91. The molecule has 3 aromatic rings. The van der Waals surface area contributed by atoms with Crippen molar-refractivity contribution >= 4 is 17.2 Å². The smallest absolute Gasteiger partial charge is 0.294 e. The van der Waals surface area contributed by atoms with E-state index in [2.05, 4.69) is 26.0 Å². The van der Waals surface area contributed by atoms with Crippen LogP contribution in [-0.4, -0.2) is 18.1 Å². The summed E-state index contributed by atoms with van der Waals surface area (Å²) < 4.78 is 5.25. The summed E-state index contributed by atoms with van der Waals surface area (Å²) in [5, 5.41) is 10.9. The van der Waals surface area contributed by atoms with Gasteiger partial charge in [0.15, 0.2) is 5.76 Å². The van der Waals surface area contributed by atoms with Crippen molar-refractivity contribution in [3.8, 4) is 5.75 Å². The van der Waals surface area contributed by atoms with Gasteiger partial charge in [0.1, 0.15) is 5.75 Å². The first-order valence-electron chi connectivity index (χ1n) is 10.1. The third kappa shape index (κ3) is 3.45. The average Bonchev–Trinajstić information content (AvgIpc) is 3.05. The van der Waals surface area contributed by atoms with E-state index in [0.29, 0.717) is 22.9 Å². The second-order valence-corrected chi connectivity index (χ2v) is 7.73. The number of rotatable bonds is 5. The maximum Gasteiger partial charge on any atom is 0.294 e. The first kappa shape index (κ1) is 19.8. The van der Waals surface area contributed by atoms with Crippen molar-refractivity contribution in [3.63, 3.8) is 0 Å². The van der Waals surface area contributed by atoms with Crippen LogP contribution in [-0.2, 0) is 4.79 Å². The Labute approximate surface area is 177 Å². The van der Waals surface area contributed by atoms with Gasteiger partial charge in [0.05, 0.1) is 13.2 Å². The maximum atomic E-state index is 13.2. The Balaban J connectivity index is 1.85. The predicted molar refractivity (Wildman–Crippen MR) is 120 cm³/mol. The van der Waals surface area contributed by atoms with Gasteiger partial charge in [-0.1, -0.05) is 68.4 Å². The number of aliphatic hydroxyl groups is 1. The van der Waals surface area contributed by atoms with Gasteiger partial charge < -0.3 is 9.84 Å². The molecule has 0 bridgehead atoms. The summed E-state index contributed by atoms with van der Waals surface area (Å²) in [7, 11) is 1.61. The molecule has 0 spiro atoms. The molecule has 152 valence electrons. The van der Waals surface area contributed by atoms with Gasteiger partial charge in [-0.15, -0.1) is 0 Å². The van der Waals surface area contributed by atoms with Crippen LogP contribution in [0, 0.1) is 0 Å². The Morgan fingerprint density at radius 1 is 0.900 bits per heavy atom. The van der Waals surface area contributed by atoms with Crippen molar-refractivity contribution < 1.29 is 14.6 Å². The molecule has 0 saturated carbocycles. The van der Waals surface area contributed by atoms with Gasteiger partial charge >= 0.3 is 0 Å². The molecule has 1 unspecified atom stereocenters. The van der Waals surface area contributed by atoms with Crippen LogP contribution in [0.1, 0.15) is 42.5 Å². The molecule has 1 aliphatic rings. The molecule has 4 heteroatoms. The van der Waals surface area contributed by atoms with E-state index in [1.807, 2.05) is 66.7 Å². The van der Waals surface area contributed by atoms with Crippen LogP contribution >= 0.6 is 0 Å². The highest BCUT2D eigenvalue weighted by atomic mass is 16.5. The van der Waals surface area contributed by atoms with E-state index in [-0.39, 0.29) is 5.76 Å². The number of hydrogen-bond acceptors (Lipinski definition) is 3. The van der Waals surface area contributed by atoms with Gasteiger partial charge in [-0.25, -0.2) is 0 Å². The lowest BCUT2D eigenvalue weighted by molar-refractivity contribution is -0.117. The Hall–Kier alpha value is -3.53. The highest BCUT2D eigenvalue weighted by Gasteiger charge is 2.41. The molecular formula is C26H25NO3. The van der Waals surface area contributed by atoms with Crippen molar-refractivity contribution in [1.29, 1.82) is 0 Å². The Bertz CT molecular complexity index is 1070. The van der Waals surface area contributed by atoms with Gasteiger partial charge in [-0.3, -0.25) is 9.69 Å². The Morgan fingerprint density at radius 2 is 1.53 bits per heavy atom. The molecule has 0 aromatic heterocycles. The fourth-order valence-corrected chi connectivity index (χ4v) is 3.91. The van der Waals surface area contributed by atoms with E-state index in [4.69, 9.17) is 4.74 Å². The average molecular weight is 399 g/mol. The molecule has 4 nitrogen and oxygen atoms in total. The van der Waals surface area contributed by atoms with Crippen LogP contribution in [0.5, 0.6) is 5.75 Å². The van der Waals surface area contributed by atoms with E-state index in [1.165, 1.54) is 5.56 Å². The summed E-state index contributed by atoms with van der Waals surface area (Å²) in [6.07, 6.45) is 0. The summed E-state index contributed by atoms with van der Waals surface area (Å²) in [5.74, 6) is 0.509. The van der Waals surface area contributed by atoms with Crippen LogP contribution in [0.3, 0.4) is 0 Å². The van der Waals surface area contributed by atoms with Crippen LogP contribution in [0.4, 0.5) is 5.69 Å². The molecule has 3 aromatic carbocycles. The number of methoxy groups -OCH3 is 1. The summed E-state index contributed by atoms with van der Waals surface area (Å²) >= 11 is 0. The molecule has 0 saturated heterocycles. The minimum atomic E-state index is -0.422. The highest BCUT2D eigenvalue weighted by Crippen LogP contribution is 2.45. The predicted octanol–water partition coefficient (Wildman–Crippen LogP) is 5.88. The highest BCUT2D eigenvalue weighted by molar-refractivity contribution is 6.16. The fraction of sp³-hybridized carbons (Fsp3) is 0.192. The molecule has 30 heavy (non-hydrogen) atoms. The molecule has 1 amide bonds. The lowest BCUT2D eigenvalue weighted by atomic mass is 9.91. The van der Waals surface area contributed by atoms with Crippen LogP contribution in [0.25, 0.3) is 5.57 Å². The quantitative estimate of drug-likeness (QED) is 0.583. The molecule has 0 aliphatic carbocycles. The number of anilines is 1. The minimum Gasteiger partial charge on any atom is -0.503 e. The number of carbonyl (C=O) groups is 1. The Morgan fingerprint density at radius 3 is 2.10 bits per heavy atom. The zero-order valence-corrected chi connectivity index (χ0v) is 17.4. The summed E-state index contributed by atoms with van der Waals surface area (Å²) in [4.78, 5) is 14.8. The summed E-state index contributed by atoms with van der Waals surface area (Å²) in [6.45, 7) is 4.30. The second kappa shape index (κ2) is 8.07. The van der Waals surface area contributed by atoms with Crippen molar-refractivity contribution in [3.05, 3.63) is 101 Å². The van der Waals surface area contributed by atoms with Crippen molar-refractivity contribution in [2.75, 3.05) is 12.0 Å². The van der Waals surface area contributed by atoms with Gasteiger partial charge in [-0.2, -0.15) is 0 Å². The number of carbonyl (C=O) groups excluding carboxylic acids is 1.